The number of rotatable bonds is 7. The van der Waals surface area contributed by atoms with E-state index in [0.29, 0.717) is 18.4 Å². The smallest absolute Gasteiger partial charge is 0.329 e. The van der Waals surface area contributed by atoms with Gasteiger partial charge in [-0.05, 0) is 30.5 Å². The molecular weight excluding hydrogens is 301 g/mol. The minimum absolute atomic E-state index is 0.136. The summed E-state index contributed by atoms with van der Waals surface area (Å²) in [6.45, 7) is -0.00857. The number of halogens is 1. The van der Waals surface area contributed by atoms with Crippen molar-refractivity contribution in [3.63, 3.8) is 0 Å². The van der Waals surface area contributed by atoms with Gasteiger partial charge in [-0.2, -0.15) is 0 Å². The molecule has 2 N–H and O–H groups in total. The lowest BCUT2D eigenvalue weighted by Crippen LogP contribution is -2.46. The average molecular weight is 323 g/mol. The lowest BCUT2D eigenvalue weighted by molar-refractivity contribution is -0.142. The van der Waals surface area contributed by atoms with E-state index in [-0.39, 0.29) is 31.5 Å². The van der Waals surface area contributed by atoms with Gasteiger partial charge < -0.3 is 15.2 Å². The maximum atomic E-state index is 13.6. The highest BCUT2D eigenvalue weighted by Crippen LogP contribution is 2.39. The zero-order chi connectivity index (χ0) is 16.7. The average Bonchev–Trinajstić information content (AvgIpc) is 2.54. The summed E-state index contributed by atoms with van der Waals surface area (Å²) in [7, 11) is 0. The number of carboxylic acids is 1. The highest BCUT2D eigenvalue weighted by Gasteiger charge is 2.41. The zero-order valence-corrected chi connectivity index (χ0v) is 13.0. The first-order chi connectivity index (χ1) is 11.0. The van der Waals surface area contributed by atoms with Crippen molar-refractivity contribution in [1.29, 1.82) is 0 Å². The van der Waals surface area contributed by atoms with Crippen molar-refractivity contribution in [2.24, 2.45) is 0 Å². The molecule has 0 atom stereocenters. The number of benzene rings is 1. The third-order valence-electron chi connectivity index (χ3n) is 4.28. The zero-order valence-electron chi connectivity index (χ0n) is 13.0. The van der Waals surface area contributed by atoms with Gasteiger partial charge in [0, 0.05) is 6.54 Å². The molecule has 0 spiro atoms. The fourth-order valence-corrected chi connectivity index (χ4v) is 3.15. The van der Waals surface area contributed by atoms with Crippen LogP contribution >= 0.6 is 0 Å². The normalized spacial score (nSPS) is 16.7. The van der Waals surface area contributed by atoms with Gasteiger partial charge in [-0.1, -0.05) is 31.4 Å². The molecule has 0 bridgehead atoms. The largest absolute Gasteiger partial charge is 0.480 e. The number of amides is 1. The summed E-state index contributed by atoms with van der Waals surface area (Å²) < 4.78 is 18.5. The molecule has 1 fully saturated rings. The summed E-state index contributed by atoms with van der Waals surface area (Å²) in [5.41, 5.74) is 0.00816. The van der Waals surface area contributed by atoms with Gasteiger partial charge in [0.25, 0.3) is 0 Å². The van der Waals surface area contributed by atoms with Crippen molar-refractivity contribution in [2.75, 3.05) is 19.8 Å². The first-order valence-electron chi connectivity index (χ1n) is 7.88. The molecule has 0 aliphatic heterocycles. The molecule has 126 valence electrons. The quantitative estimate of drug-likeness (QED) is 0.755. The van der Waals surface area contributed by atoms with Crippen LogP contribution in [0.5, 0.6) is 0 Å². The van der Waals surface area contributed by atoms with E-state index in [9.17, 15) is 14.0 Å². The standard InChI is InChI=1S/C17H22FNO4/c18-14-6-4-5-13(11-14)17(7-2-1-3-8-17)16(22)19-9-10-23-12-15(20)21/h4-6,11H,1-3,7-10,12H2,(H,19,22)(H,20,21). The van der Waals surface area contributed by atoms with E-state index < -0.39 is 11.4 Å². The molecule has 1 aliphatic rings. The molecule has 1 aromatic rings. The highest BCUT2D eigenvalue weighted by molar-refractivity contribution is 5.88. The van der Waals surface area contributed by atoms with Crippen molar-refractivity contribution >= 4 is 11.9 Å². The lowest BCUT2D eigenvalue weighted by Gasteiger charge is -2.36. The van der Waals surface area contributed by atoms with Gasteiger partial charge in [-0.15, -0.1) is 0 Å². The van der Waals surface area contributed by atoms with E-state index in [1.807, 2.05) is 0 Å². The Morgan fingerprint density at radius 2 is 2.00 bits per heavy atom. The van der Waals surface area contributed by atoms with Gasteiger partial charge in [0.15, 0.2) is 0 Å². The number of nitrogens with one attached hydrogen (secondary N) is 1. The molecule has 2 rings (SSSR count). The minimum atomic E-state index is -1.04. The Morgan fingerprint density at radius 1 is 1.26 bits per heavy atom. The van der Waals surface area contributed by atoms with E-state index in [1.165, 1.54) is 12.1 Å². The summed E-state index contributed by atoms with van der Waals surface area (Å²) in [6.07, 6.45) is 4.32. The molecule has 6 heteroatoms. The maximum absolute atomic E-state index is 13.6. The van der Waals surface area contributed by atoms with Crippen LogP contribution in [-0.2, 0) is 19.7 Å². The van der Waals surface area contributed by atoms with Gasteiger partial charge in [0.05, 0.1) is 12.0 Å². The van der Waals surface area contributed by atoms with Crippen LogP contribution in [0.25, 0.3) is 0 Å². The third kappa shape index (κ3) is 4.51. The topological polar surface area (TPSA) is 75.6 Å². The number of carbonyl (C=O) groups excluding carboxylic acids is 1. The first-order valence-corrected chi connectivity index (χ1v) is 7.88. The van der Waals surface area contributed by atoms with Crippen LogP contribution < -0.4 is 5.32 Å². The van der Waals surface area contributed by atoms with Gasteiger partial charge in [-0.3, -0.25) is 4.79 Å². The second-order valence-electron chi connectivity index (χ2n) is 5.86. The van der Waals surface area contributed by atoms with Gasteiger partial charge in [-0.25, -0.2) is 9.18 Å². The Balaban J connectivity index is 2.03. The Morgan fingerprint density at radius 3 is 2.65 bits per heavy atom. The van der Waals surface area contributed by atoms with Crippen LogP contribution in [0.3, 0.4) is 0 Å². The van der Waals surface area contributed by atoms with Crippen molar-refractivity contribution < 1.29 is 23.8 Å². The van der Waals surface area contributed by atoms with Crippen molar-refractivity contribution in [1.82, 2.24) is 5.32 Å². The summed E-state index contributed by atoms with van der Waals surface area (Å²) in [4.78, 5) is 23.1. The summed E-state index contributed by atoms with van der Waals surface area (Å²) >= 11 is 0. The SMILES string of the molecule is O=C(O)COCCNC(=O)C1(c2cccc(F)c2)CCCCC1. The van der Waals surface area contributed by atoms with Crippen molar-refractivity contribution in [3.8, 4) is 0 Å². The molecule has 0 saturated heterocycles. The highest BCUT2D eigenvalue weighted by atomic mass is 19.1. The van der Waals surface area contributed by atoms with E-state index >= 15 is 0 Å². The molecule has 1 saturated carbocycles. The molecule has 0 aromatic heterocycles. The van der Waals surface area contributed by atoms with Crippen LogP contribution in [-0.4, -0.2) is 36.7 Å². The van der Waals surface area contributed by atoms with E-state index in [1.54, 1.807) is 12.1 Å². The van der Waals surface area contributed by atoms with E-state index in [0.717, 1.165) is 19.3 Å². The molecule has 5 nitrogen and oxygen atoms in total. The fourth-order valence-electron chi connectivity index (χ4n) is 3.15. The number of carboxylic acid groups (broad SMARTS) is 1. The van der Waals surface area contributed by atoms with Gasteiger partial charge >= 0.3 is 5.97 Å². The lowest BCUT2D eigenvalue weighted by atomic mass is 9.68. The Hall–Kier alpha value is -1.95. The van der Waals surface area contributed by atoms with Crippen LogP contribution in [0.15, 0.2) is 24.3 Å². The fraction of sp³-hybridized carbons (Fsp3) is 0.529. The molecule has 23 heavy (non-hydrogen) atoms. The second-order valence-corrected chi connectivity index (χ2v) is 5.86. The number of carbonyl (C=O) groups is 2. The predicted octanol–water partition coefficient (Wildman–Crippen LogP) is 2.25. The number of hydrogen-bond acceptors (Lipinski definition) is 3. The Kier molecular flexibility index (Phi) is 6.10. The van der Waals surface area contributed by atoms with Gasteiger partial charge in [0.1, 0.15) is 12.4 Å². The predicted molar refractivity (Wildman–Crippen MR) is 82.6 cm³/mol. The molecule has 1 amide bonds. The maximum Gasteiger partial charge on any atom is 0.329 e. The molecule has 0 heterocycles. The van der Waals surface area contributed by atoms with Gasteiger partial charge in [0.2, 0.25) is 5.91 Å². The first kappa shape index (κ1) is 17.4. The van der Waals surface area contributed by atoms with Crippen LogP contribution in [0.2, 0.25) is 0 Å². The summed E-state index contributed by atoms with van der Waals surface area (Å²) in [5.74, 6) is -1.52. The summed E-state index contributed by atoms with van der Waals surface area (Å²) in [6, 6.07) is 6.24. The number of ether oxygens (including phenoxy) is 1. The van der Waals surface area contributed by atoms with Crippen LogP contribution in [0, 0.1) is 5.82 Å². The molecule has 1 aromatic carbocycles. The Bertz CT molecular complexity index is 555. The Labute approximate surface area is 134 Å². The van der Waals surface area contributed by atoms with Crippen LogP contribution in [0.1, 0.15) is 37.7 Å². The number of hydrogen-bond donors (Lipinski definition) is 2. The van der Waals surface area contributed by atoms with E-state index in [4.69, 9.17) is 9.84 Å². The van der Waals surface area contributed by atoms with Crippen LogP contribution in [0.4, 0.5) is 4.39 Å². The monoisotopic (exact) mass is 323 g/mol. The molecular formula is C17H22FNO4. The minimum Gasteiger partial charge on any atom is -0.480 e. The van der Waals surface area contributed by atoms with E-state index in [2.05, 4.69) is 5.32 Å². The van der Waals surface area contributed by atoms with Crippen molar-refractivity contribution in [3.05, 3.63) is 35.6 Å². The van der Waals surface area contributed by atoms with Crippen molar-refractivity contribution in [2.45, 2.75) is 37.5 Å². The molecule has 0 radical (unpaired) electrons. The second kappa shape index (κ2) is 8.06. The number of aliphatic carboxylic acids is 1. The summed E-state index contributed by atoms with van der Waals surface area (Å²) in [5, 5.41) is 11.3. The molecule has 1 aliphatic carbocycles. The molecule has 0 unspecified atom stereocenters. The third-order valence-corrected chi connectivity index (χ3v) is 4.28.